The quantitative estimate of drug-likeness (QED) is 0.478. The topological polar surface area (TPSA) is 122 Å². The van der Waals surface area contributed by atoms with Gasteiger partial charge in [-0.1, -0.05) is 23.2 Å². The Morgan fingerprint density at radius 2 is 1.97 bits per heavy atom. The zero-order chi connectivity index (χ0) is 23.0. The van der Waals surface area contributed by atoms with Gasteiger partial charge in [0.05, 0.1) is 21.4 Å². The minimum atomic E-state index is -0.840. The molecule has 0 spiro atoms. The van der Waals surface area contributed by atoms with E-state index in [4.69, 9.17) is 32.7 Å². The van der Waals surface area contributed by atoms with E-state index in [1.165, 1.54) is 12.1 Å². The van der Waals surface area contributed by atoms with E-state index in [-0.39, 0.29) is 39.7 Å². The van der Waals surface area contributed by atoms with Crippen molar-refractivity contribution in [2.45, 2.75) is 26.2 Å². The monoisotopic (exact) mass is 479 g/mol. The maximum absolute atomic E-state index is 12.1. The van der Waals surface area contributed by atoms with Gasteiger partial charge in [0.2, 0.25) is 12.2 Å². The fourth-order valence-corrected chi connectivity index (χ4v) is 3.89. The first-order valence-corrected chi connectivity index (χ1v) is 10.3. The van der Waals surface area contributed by atoms with Crippen LogP contribution >= 0.6 is 23.2 Å². The van der Waals surface area contributed by atoms with Gasteiger partial charge >= 0.3 is 5.76 Å². The van der Waals surface area contributed by atoms with Crippen LogP contribution in [-0.4, -0.2) is 35.6 Å². The number of aromatic amines is 1. The van der Waals surface area contributed by atoms with Gasteiger partial charge in [-0.2, -0.15) is 0 Å². The van der Waals surface area contributed by atoms with E-state index in [1.807, 2.05) is 12.1 Å². The molecule has 0 bridgehead atoms. The second-order valence-electron chi connectivity index (χ2n) is 7.18. The van der Waals surface area contributed by atoms with Gasteiger partial charge in [0, 0.05) is 24.9 Å². The zero-order valence-corrected chi connectivity index (χ0v) is 18.7. The van der Waals surface area contributed by atoms with E-state index in [2.05, 4.69) is 44.0 Å². The molecule has 0 aliphatic carbocycles. The van der Waals surface area contributed by atoms with Gasteiger partial charge in [-0.3, -0.25) is 14.3 Å². The summed E-state index contributed by atoms with van der Waals surface area (Å²) in [5.41, 5.74) is 2.12. The highest BCUT2D eigenvalue weighted by atomic mass is 35.5. The zero-order valence-electron chi connectivity index (χ0n) is 17.2. The van der Waals surface area contributed by atoms with Gasteiger partial charge < -0.3 is 25.0 Å². The molecule has 3 N–H and O–H groups in total. The highest BCUT2D eigenvalue weighted by Crippen LogP contribution is 2.43. The number of carbonyl (C=O) groups excluding carboxylic acids is 1. The molecule has 4 rings (SSSR count). The molecule has 0 fully saturated rings. The number of benzene rings is 2. The van der Waals surface area contributed by atoms with Crippen LogP contribution in [0.3, 0.4) is 0 Å². The number of ether oxygens (including phenoxy) is 2. The van der Waals surface area contributed by atoms with E-state index < -0.39 is 11.7 Å². The number of halogens is 2. The van der Waals surface area contributed by atoms with Crippen molar-refractivity contribution >= 4 is 46.2 Å². The summed E-state index contributed by atoms with van der Waals surface area (Å²) in [5, 5.41) is 9.49. The number of fused-ring (bicyclic) bond motifs is 1. The SMILES string of the molecule is COC1Nc2ccc(Oc3c(Cl)cc(NC(=O)c4noc(=O)[nH]4)cc3Cl)cc2N1C(C)C. The van der Waals surface area contributed by atoms with E-state index in [0.29, 0.717) is 5.75 Å². The van der Waals surface area contributed by atoms with Crippen LogP contribution in [0.25, 0.3) is 0 Å². The minimum absolute atomic E-state index is 0.176. The predicted molar refractivity (Wildman–Crippen MR) is 120 cm³/mol. The number of nitrogens with one attached hydrogen (secondary N) is 3. The Bertz CT molecular complexity index is 1200. The van der Waals surface area contributed by atoms with Crippen molar-refractivity contribution in [2.75, 3.05) is 22.6 Å². The molecule has 1 unspecified atom stereocenters. The Kier molecular flexibility index (Phi) is 6.00. The molecule has 1 aliphatic heterocycles. The van der Waals surface area contributed by atoms with Crippen molar-refractivity contribution in [1.29, 1.82) is 0 Å². The first-order valence-electron chi connectivity index (χ1n) is 9.52. The van der Waals surface area contributed by atoms with Gasteiger partial charge in [0.15, 0.2) is 5.75 Å². The molecule has 168 valence electrons. The summed E-state index contributed by atoms with van der Waals surface area (Å²) in [6, 6.07) is 8.65. The molecule has 1 aliphatic rings. The molecule has 1 atom stereocenters. The summed E-state index contributed by atoms with van der Waals surface area (Å²) >= 11 is 12.7. The Morgan fingerprint density at radius 3 is 2.56 bits per heavy atom. The average Bonchev–Trinajstić information content (AvgIpc) is 3.33. The molecule has 1 amide bonds. The summed E-state index contributed by atoms with van der Waals surface area (Å²) in [6.07, 6.45) is -0.282. The van der Waals surface area contributed by atoms with Gasteiger partial charge in [0.1, 0.15) is 5.75 Å². The number of aromatic nitrogens is 2. The van der Waals surface area contributed by atoms with Crippen LogP contribution < -0.4 is 26.0 Å². The molecule has 32 heavy (non-hydrogen) atoms. The number of methoxy groups -OCH3 is 1. The maximum atomic E-state index is 12.1. The standard InChI is InChI=1S/C20H19Cl2N5O5/c1-9(2)27-15-8-11(4-5-14(15)24-19(27)30-3)31-16-12(21)6-10(7-13(16)22)23-18(28)17-25-20(29)32-26-17/h4-9,19,24H,1-3H3,(H,23,28)(H,25,26,29). The van der Waals surface area contributed by atoms with Crippen molar-refractivity contribution < 1.29 is 18.8 Å². The lowest BCUT2D eigenvalue weighted by atomic mass is 10.2. The van der Waals surface area contributed by atoms with Crippen molar-refractivity contribution in [2.24, 2.45) is 0 Å². The molecule has 0 saturated heterocycles. The van der Waals surface area contributed by atoms with Crippen LogP contribution in [0.15, 0.2) is 39.6 Å². The molecule has 0 saturated carbocycles. The van der Waals surface area contributed by atoms with Crippen molar-refractivity contribution in [1.82, 2.24) is 10.1 Å². The Labute approximate surface area is 192 Å². The third kappa shape index (κ3) is 4.24. The summed E-state index contributed by atoms with van der Waals surface area (Å²) in [5.74, 6) is -1.06. The minimum Gasteiger partial charge on any atom is -0.454 e. The van der Waals surface area contributed by atoms with Crippen LogP contribution in [0.4, 0.5) is 17.1 Å². The van der Waals surface area contributed by atoms with Gasteiger partial charge in [0.25, 0.3) is 5.91 Å². The summed E-state index contributed by atoms with van der Waals surface area (Å²) in [4.78, 5) is 27.4. The van der Waals surface area contributed by atoms with Crippen molar-refractivity contribution in [3.05, 3.63) is 56.8 Å². The number of hydrogen-bond acceptors (Lipinski definition) is 8. The lowest BCUT2D eigenvalue weighted by Crippen LogP contribution is -2.41. The third-order valence-corrected chi connectivity index (χ3v) is 5.25. The largest absolute Gasteiger partial charge is 0.454 e. The van der Waals surface area contributed by atoms with E-state index in [1.54, 1.807) is 13.2 Å². The summed E-state index contributed by atoms with van der Waals surface area (Å²) in [7, 11) is 1.64. The van der Waals surface area contributed by atoms with E-state index >= 15 is 0 Å². The van der Waals surface area contributed by atoms with Crippen LogP contribution in [0.2, 0.25) is 10.0 Å². The highest BCUT2D eigenvalue weighted by Gasteiger charge is 2.31. The molecule has 12 heteroatoms. The van der Waals surface area contributed by atoms with Crippen molar-refractivity contribution in [3.8, 4) is 11.5 Å². The summed E-state index contributed by atoms with van der Waals surface area (Å²) in [6.45, 7) is 4.12. The number of hydrogen-bond donors (Lipinski definition) is 3. The first-order chi connectivity index (χ1) is 15.3. The number of rotatable bonds is 6. The molecule has 2 aromatic carbocycles. The highest BCUT2D eigenvalue weighted by molar-refractivity contribution is 6.37. The second kappa shape index (κ2) is 8.73. The number of anilines is 3. The van der Waals surface area contributed by atoms with E-state index in [9.17, 15) is 9.59 Å². The van der Waals surface area contributed by atoms with Crippen LogP contribution in [0.1, 0.15) is 24.5 Å². The number of amides is 1. The lowest BCUT2D eigenvalue weighted by Gasteiger charge is -2.29. The smallest absolute Gasteiger partial charge is 0.439 e. The van der Waals surface area contributed by atoms with Gasteiger partial charge in [-0.25, -0.2) is 4.79 Å². The fourth-order valence-electron chi connectivity index (χ4n) is 3.33. The Morgan fingerprint density at radius 1 is 1.25 bits per heavy atom. The fraction of sp³-hybridized carbons (Fsp3) is 0.250. The molecule has 10 nitrogen and oxygen atoms in total. The molecule has 2 heterocycles. The number of H-pyrrole nitrogens is 1. The first kappa shape index (κ1) is 22.0. The Hall–Kier alpha value is -3.21. The molecule has 1 aromatic heterocycles. The maximum Gasteiger partial charge on any atom is 0.439 e. The molecule has 3 aromatic rings. The van der Waals surface area contributed by atoms with Crippen LogP contribution in [-0.2, 0) is 4.74 Å². The van der Waals surface area contributed by atoms with E-state index in [0.717, 1.165) is 11.4 Å². The Balaban J connectivity index is 1.56. The van der Waals surface area contributed by atoms with Crippen molar-refractivity contribution in [3.63, 3.8) is 0 Å². The third-order valence-electron chi connectivity index (χ3n) is 4.69. The second-order valence-corrected chi connectivity index (χ2v) is 8.00. The normalized spacial score (nSPS) is 14.9. The molecular formula is C20H19Cl2N5O5. The lowest BCUT2D eigenvalue weighted by molar-refractivity contribution is 0.101. The number of carbonyl (C=O) groups is 1. The van der Waals surface area contributed by atoms with Gasteiger partial charge in [-0.15, -0.1) is 0 Å². The molecule has 0 radical (unpaired) electrons. The molecular weight excluding hydrogens is 461 g/mol. The van der Waals surface area contributed by atoms with Crippen LogP contribution in [0.5, 0.6) is 11.5 Å². The summed E-state index contributed by atoms with van der Waals surface area (Å²) < 4.78 is 15.8. The van der Waals surface area contributed by atoms with Gasteiger partial charge in [-0.05, 0) is 43.3 Å². The average molecular weight is 480 g/mol. The predicted octanol–water partition coefficient (Wildman–Crippen LogP) is 4.28. The number of nitrogens with zero attached hydrogens (tertiary/aromatic N) is 2. The van der Waals surface area contributed by atoms with Crippen LogP contribution in [0, 0.1) is 0 Å².